The molecule has 0 radical (unpaired) electrons. The van der Waals surface area contributed by atoms with Gasteiger partial charge in [0, 0.05) is 29.3 Å². The third-order valence-corrected chi connectivity index (χ3v) is 5.91. The zero-order valence-electron chi connectivity index (χ0n) is 18.4. The zero-order chi connectivity index (χ0) is 23.1. The summed E-state index contributed by atoms with van der Waals surface area (Å²) in [6, 6.07) is 4.67. The Morgan fingerprint density at radius 3 is 2.39 bits per heavy atom. The molecule has 2 aliphatic rings. The van der Waals surface area contributed by atoms with Gasteiger partial charge in [-0.25, -0.2) is 4.79 Å². The van der Waals surface area contributed by atoms with Gasteiger partial charge in [0.1, 0.15) is 0 Å². The van der Waals surface area contributed by atoms with Gasteiger partial charge in [-0.05, 0) is 49.8 Å². The Hall–Kier alpha value is -2.57. The molecule has 1 N–H and O–H groups in total. The van der Waals surface area contributed by atoms with E-state index < -0.39 is 23.6 Å². The molecular weight excluding hydrogens is 407 g/mol. The molecule has 168 valence electrons. The van der Waals surface area contributed by atoms with Crippen molar-refractivity contribution < 1.29 is 27.5 Å². The Bertz CT molecular complexity index is 955. The maximum Gasteiger partial charge on any atom is 0.416 e. The number of ether oxygens (including phenoxy) is 1. The van der Waals surface area contributed by atoms with E-state index in [9.17, 15) is 22.8 Å². The molecule has 4 nitrogen and oxygen atoms in total. The quantitative estimate of drug-likeness (QED) is 0.621. The van der Waals surface area contributed by atoms with Crippen LogP contribution in [0.25, 0.3) is 0 Å². The predicted molar refractivity (Wildman–Crippen MR) is 111 cm³/mol. The minimum absolute atomic E-state index is 0.106. The van der Waals surface area contributed by atoms with Crippen molar-refractivity contribution in [3.8, 4) is 0 Å². The highest BCUT2D eigenvalue weighted by molar-refractivity contribution is 6.04. The highest BCUT2D eigenvalue weighted by Gasteiger charge is 2.43. The third-order valence-electron chi connectivity index (χ3n) is 5.91. The number of dihydropyridines is 1. The molecule has 0 saturated carbocycles. The van der Waals surface area contributed by atoms with Crippen LogP contribution in [-0.4, -0.2) is 17.9 Å². The van der Waals surface area contributed by atoms with E-state index in [0.717, 1.165) is 17.8 Å². The minimum atomic E-state index is -4.47. The lowest BCUT2D eigenvalue weighted by Crippen LogP contribution is -2.39. The number of halogens is 3. The Balaban J connectivity index is 2.13. The number of benzene rings is 1. The van der Waals surface area contributed by atoms with Gasteiger partial charge in [-0.1, -0.05) is 32.9 Å². The lowest BCUT2D eigenvalue weighted by Gasteiger charge is -2.39. The van der Waals surface area contributed by atoms with Crippen molar-refractivity contribution in [1.29, 1.82) is 0 Å². The fourth-order valence-corrected chi connectivity index (χ4v) is 4.23. The summed E-state index contributed by atoms with van der Waals surface area (Å²) in [6.07, 6.45) is -3.26. The second-order valence-electron chi connectivity index (χ2n) is 9.17. The number of alkyl halides is 3. The molecule has 2 atom stereocenters. The fraction of sp³-hybridized carbons (Fsp3) is 0.500. The molecule has 0 saturated heterocycles. The number of Topliss-reactive ketones (excluding diaryl/α,β-unsaturated/α-hetero) is 1. The molecule has 3 rings (SSSR count). The SMILES string of the molecule is CC[C@@H](C)OC(=O)C1=C(C)NC2=C(C(=O)CC(C)(C)C2)[C@@H]1c1ccc(C(F)(F)F)cc1. The van der Waals surface area contributed by atoms with Gasteiger partial charge in [0.25, 0.3) is 0 Å². The van der Waals surface area contributed by atoms with Gasteiger partial charge in [0.05, 0.1) is 17.2 Å². The van der Waals surface area contributed by atoms with Crippen LogP contribution in [-0.2, 0) is 20.5 Å². The largest absolute Gasteiger partial charge is 0.459 e. The summed E-state index contributed by atoms with van der Waals surface area (Å²) in [5, 5.41) is 3.22. The molecule has 1 aromatic rings. The van der Waals surface area contributed by atoms with E-state index in [0.29, 0.717) is 36.1 Å². The molecule has 1 aliphatic carbocycles. The first-order chi connectivity index (χ1) is 14.3. The third kappa shape index (κ3) is 4.70. The average Bonchev–Trinajstić information content (AvgIpc) is 2.65. The van der Waals surface area contributed by atoms with Gasteiger partial charge in [-0.2, -0.15) is 13.2 Å². The van der Waals surface area contributed by atoms with Crippen LogP contribution in [0, 0.1) is 5.41 Å². The number of esters is 1. The monoisotopic (exact) mass is 435 g/mol. The summed E-state index contributed by atoms with van der Waals surface area (Å²) in [4.78, 5) is 26.2. The van der Waals surface area contributed by atoms with E-state index in [1.165, 1.54) is 12.1 Å². The smallest absolute Gasteiger partial charge is 0.416 e. The first-order valence-electron chi connectivity index (χ1n) is 10.5. The maximum atomic E-state index is 13.2. The van der Waals surface area contributed by atoms with E-state index in [1.54, 1.807) is 13.8 Å². The van der Waals surface area contributed by atoms with Gasteiger partial charge >= 0.3 is 12.1 Å². The minimum Gasteiger partial charge on any atom is -0.459 e. The van der Waals surface area contributed by atoms with Gasteiger partial charge < -0.3 is 10.1 Å². The standard InChI is InChI=1S/C24H28F3NO3/c1-6-13(2)31-22(30)19-14(3)28-17-11-23(4,5)12-18(29)21(17)20(19)15-7-9-16(10-8-15)24(25,26)27/h7-10,13,20,28H,6,11-12H2,1-5H3/t13-,20-/m1/s1. The highest BCUT2D eigenvalue weighted by atomic mass is 19.4. The lowest BCUT2D eigenvalue weighted by atomic mass is 9.68. The summed E-state index contributed by atoms with van der Waals surface area (Å²) >= 11 is 0. The van der Waals surface area contributed by atoms with E-state index in [1.807, 2.05) is 20.8 Å². The number of allylic oxidation sites excluding steroid dienone is 3. The number of carbonyl (C=O) groups is 2. The Kier molecular flexibility index (Phi) is 6.09. The van der Waals surface area contributed by atoms with Crippen LogP contribution < -0.4 is 5.32 Å². The highest BCUT2D eigenvalue weighted by Crippen LogP contribution is 2.47. The molecule has 0 unspecified atom stereocenters. The molecule has 0 fully saturated rings. The lowest BCUT2D eigenvalue weighted by molar-refractivity contribution is -0.144. The van der Waals surface area contributed by atoms with E-state index >= 15 is 0 Å². The maximum absolute atomic E-state index is 13.2. The average molecular weight is 435 g/mol. The molecule has 0 amide bonds. The number of carbonyl (C=O) groups excluding carboxylic acids is 2. The Labute approximate surface area is 180 Å². The number of nitrogens with one attached hydrogen (secondary N) is 1. The number of hydrogen-bond acceptors (Lipinski definition) is 4. The topological polar surface area (TPSA) is 55.4 Å². The Morgan fingerprint density at radius 1 is 1.23 bits per heavy atom. The number of hydrogen-bond donors (Lipinski definition) is 1. The molecule has 0 spiro atoms. The van der Waals surface area contributed by atoms with E-state index in [2.05, 4.69) is 5.32 Å². The summed E-state index contributed by atoms with van der Waals surface area (Å²) in [7, 11) is 0. The summed E-state index contributed by atoms with van der Waals surface area (Å²) in [5.41, 5.74) is 1.44. The fourth-order valence-electron chi connectivity index (χ4n) is 4.23. The molecular formula is C24H28F3NO3. The van der Waals surface area contributed by atoms with Crippen LogP contribution in [0.4, 0.5) is 13.2 Å². The number of rotatable bonds is 4. The second-order valence-corrected chi connectivity index (χ2v) is 9.17. The summed E-state index contributed by atoms with van der Waals surface area (Å²) in [5.74, 6) is -1.43. The first-order valence-corrected chi connectivity index (χ1v) is 10.5. The van der Waals surface area contributed by atoms with Gasteiger partial charge in [0.15, 0.2) is 5.78 Å². The van der Waals surface area contributed by atoms with Crippen LogP contribution in [0.15, 0.2) is 46.8 Å². The molecule has 0 aromatic heterocycles. The summed E-state index contributed by atoms with van der Waals surface area (Å²) in [6.45, 7) is 9.39. The van der Waals surface area contributed by atoms with Crippen molar-refractivity contribution in [3.05, 3.63) is 57.9 Å². The summed E-state index contributed by atoms with van der Waals surface area (Å²) < 4.78 is 44.8. The molecule has 1 aromatic carbocycles. The van der Waals surface area contributed by atoms with Crippen LogP contribution in [0.1, 0.15) is 70.9 Å². The normalized spacial score (nSPS) is 22.1. The van der Waals surface area contributed by atoms with Crippen LogP contribution in [0.2, 0.25) is 0 Å². The van der Waals surface area contributed by atoms with Crippen molar-refractivity contribution in [2.24, 2.45) is 5.41 Å². The van der Waals surface area contributed by atoms with Gasteiger partial charge in [0.2, 0.25) is 0 Å². The predicted octanol–water partition coefficient (Wildman–Crippen LogP) is 5.65. The van der Waals surface area contributed by atoms with Crippen molar-refractivity contribution in [2.45, 2.75) is 72.1 Å². The van der Waals surface area contributed by atoms with Crippen LogP contribution >= 0.6 is 0 Å². The first kappa shape index (κ1) is 23.1. The zero-order valence-corrected chi connectivity index (χ0v) is 18.4. The second kappa shape index (κ2) is 8.17. The van der Waals surface area contributed by atoms with E-state index in [4.69, 9.17) is 4.74 Å². The molecule has 0 bridgehead atoms. The molecule has 1 aliphatic heterocycles. The van der Waals surface area contributed by atoms with E-state index in [-0.39, 0.29) is 22.9 Å². The van der Waals surface area contributed by atoms with Crippen molar-refractivity contribution in [2.75, 3.05) is 0 Å². The Morgan fingerprint density at radius 2 is 1.84 bits per heavy atom. The van der Waals surface area contributed by atoms with Crippen molar-refractivity contribution in [1.82, 2.24) is 5.32 Å². The van der Waals surface area contributed by atoms with Gasteiger partial charge in [-0.3, -0.25) is 4.79 Å². The van der Waals surface area contributed by atoms with Gasteiger partial charge in [-0.15, -0.1) is 0 Å². The van der Waals surface area contributed by atoms with Crippen molar-refractivity contribution in [3.63, 3.8) is 0 Å². The molecule has 7 heteroatoms. The van der Waals surface area contributed by atoms with Crippen LogP contribution in [0.5, 0.6) is 0 Å². The molecule has 1 heterocycles. The van der Waals surface area contributed by atoms with Crippen molar-refractivity contribution >= 4 is 11.8 Å². The molecule has 31 heavy (non-hydrogen) atoms. The number of ketones is 1. The van der Waals surface area contributed by atoms with Crippen LogP contribution in [0.3, 0.4) is 0 Å².